The highest BCUT2D eigenvalue weighted by Gasteiger charge is 2.06. The van der Waals surface area contributed by atoms with Crippen LogP contribution in [0.25, 0.3) is 0 Å². The molecule has 3 rings (SSSR count). The molecular weight excluding hydrogens is 369 g/mol. The van der Waals surface area contributed by atoms with Crippen LogP contribution in [0.5, 0.6) is 0 Å². The van der Waals surface area contributed by atoms with Crippen LogP contribution in [-0.2, 0) is 24.3 Å². The molecule has 0 unspecified atom stereocenters. The van der Waals surface area contributed by atoms with Gasteiger partial charge in [-0.15, -0.1) is 0 Å². The van der Waals surface area contributed by atoms with Gasteiger partial charge < -0.3 is 5.32 Å². The number of rotatable bonds is 7. The fraction of sp³-hybridized carbons (Fsp3) is 0.200. The van der Waals surface area contributed by atoms with Crippen molar-refractivity contribution in [1.82, 2.24) is 15.1 Å². The Labute approximate surface area is 162 Å². The Morgan fingerprint density at radius 3 is 2.54 bits per heavy atom. The Bertz CT molecular complexity index is 861. The standard InChI is InChI=1S/C20H19Cl2N3O/c21-18-8-6-17(19(22)12-18)7-9-20(26)23-13-15-2-4-16(5-3-15)14-25-11-1-10-24-25/h1-6,8,10-12H,7,9,13-14H2,(H,23,26). The minimum absolute atomic E-state index is 0.00312. The molecule has 0 fully saturated rings. The number of aromatic nitrogens is 2. The fourth-order valence-corrected chi connectivity index (χ4v) is 3.11. The molecule has 1 amide bonds. The number of nitrogens with one attached hydrogen (secondary N) is 1. The van der Waals surface area contributed by atoms with Gasteiger partial charge in [-0.3, -0.25) is 9.48 Å². The minimum atomic E-state index is -0.00312. The van der Waals surface area contributed by atoms with Gasteiger partial charge in [0, 0.05) is 35.4 Å². The van der Waals surface area contributed by atoms with Gasteiger partial charge in [0.05, 0.1) is 6.54 Å². The molecule has 6 heteroatoms. The van der Waals surface area contributed by atoms with Crippen molar-refractivity contribution in [3.05, 3.63) is 87.7 Å². The number of carbonyl (C=O) groups excluding carboxylic acids is 1. The molecule has 0 atom stereocenters. The van der Waals surface area contributed by atoms with E-state index in [1.807, 2.05) is 35.1 Å². The van der Waals surface area contributed by atoms with Crippen LogP contribution in [0.2, 0.25) is 10.0 Å². The second-order valence-corrected chi connectivity index (χ2v) is 6.88. The molecule has 0 bridgehead atoms. The summed E-state index contributed by atoms with van der Waals surface area (Å²) in [6.07, 6.45) is 4.67. The molecule has 0 saturated heterocycles. The predicted octanol–water partition coefficient (Wildman–Crippen LogP) is 4.49. The lowest BCUT2D eigenvalue weighted by molar-refractivity contribution is -0.121. The smallest absolute Gasteiger partial charge is 0.220 e. The van der Waals surface area contributed by atoms with E-state index < -0.39 is 0 Å². The molecule has 0 saturated carbocycles. The van der Waals surface area contributed by atoms with E-state index in [0.717, 1.165) is 17.7 Å². The molecule has 134 valence electrons. The second-order valence-electron chi connectivity index (χ2n) is 6.03. The van der Waals surface area contributed by atoms with Crippen LogP contribution < -0.4 is 5.32 Å². The van der Waals surface area contributed by atoms with Crippen LogP contribution in [-0.4, -0.2) is 15.7 Å². The number of hydrogen-bond acceptors (Lipinski definition) is 2. The summed E-state index contributed by atoms with van der Waals surface area (Å²) in [4.78, 5) is 12.1. The Hall–Kier alpha value is -2.30. The van der Waals surface area contributed by atoms with Gasteiger partial charge in [0.1, 0.15) is 0 Å². The fourth-order valence-electron chi connectivity index (χ4n) is 2.61. The third kappa shape index (κ3) is 5.35. The summed E-state index contributed by atoms with van der Waals surface area (Å²) in [7, 11) is 0. The van der Waals surface area contributed by atoms with E-state index in [1.165, 1.54) is 5.56 Å². The first-order valence-corrected chi connectivity index (χ1v) is 9.11. The van der Waals surface area contributed by atoms with Gasteiger partial charge in [-0.1, -0.05) is 53.5 Å². The van der Waals surface area contributed by atoms with Crippen LogP contribution in [0, 0.1) is 0 Å². The van der Waals surface area contributed by atoms with Gasteiger partial charge in [0.15, 0.2) is 0 Å². The number of amides is 1. The zero-order valence-electron chi connectivity index (χ0n) is 14.2. The number of aryl methyl sites for hydroxylation is 1. The van der Waals surface area contributed by atoms with Crippen LogP contribution in [0.1, 0.15) is 23.1 Å². The Balaban J connectivity index is 1.45. The van der Waals surface area contributed by atoms with Crippen molar-refractivity contribution in [2.45, 2.75) is 25.9 Å². The van der Waals surface area contributed by atoms with Crippen molar-refractivity contribution in [1.29, 1.82) is 0 Å². The van der Waals surface area contributed by atoms with E-state index in [1.54, 1.807) is 18.3 Å². The number of halogens is 2. The quantitative estimate of drug-likeness (QED) is 0.649. The molecule has 2 aromatic carbocycles. The van der Waals surface area contributed by atoms with E-state index in [4.69, 9.17) is 23.2 Å². The molecule has 0 aliphatic heterocycles. The maximum Gasteiger partial charge on any atom is 0.220 e. The molecule has 1 heterocycles. The normalized spacial score (nSPS) is 10.7. The van der Waals surface area contributed by atoms with Crippen molar-refractivity contribution in [2.24, 2.45) is 0 Å². The number of carbonyl (C=O) groups is 1. The summed E-state index contributed by atoms with van der Waals surface area (Å²) in [5.74, 6) is -0.00312. The summed E-state index contributed by atoms with van der Waals surface area (Å²) >= 11 is 12.0. The van der Waals surface area contributed by atoms with E-state index in [-0.39, 0.29) is 5.91 Å². The molecule has 0 spiro atoms. The monoisotopic (exact) mass is 387 g/mol. The van der Waals surface area contributed by atoms with E-state index >= 15 is 0 Å². The molecule has 1 aromatic heterocycles. The van der Waals surface area contributed by atoms with E-state index in [9.17, 15) is 4.79 Å². The van der Waals surface area contributed by atoms with Crippen LogP contribution >= 0.6 is 23.2 Å². The summed E-state index contributed by atoms with van der Waals surface area (Å²) in [6, 6.07) is 15.4. The van der Waals surface area contributed by atoms with Gasteiger partial charge in [-0.05, 0) is 41.3 Å². The van der Waals surface area contributed by atoms with E-state index in [0.29, 0.717) is 29.4 Å². The van der Waals surface area contributed by atoms with Gasteiger partial charge in [0.25, 0.3) is 0 Å². The molecule has 1 N–H and O–H groups in total. The van der Waals surface area contributed by atoms with Gasteiger partial charge in [-0.2, -0.15) is 5.10 Å². The predicted molar refractivity (Wildman–Crippen MR) is 104 cm³/mol. The molecule has 26 heavy (non-hydrogen) atoms. The Kier molecular flexibility index (Phi) is 6.31. The molecule has 0 aliphatic carbocycles. The van der Waals surface area contributed by atoms with Crippen molar-refractivity contribution in [2.75, 3.05) is 0 Å². The second kappa shape index (κ2) is 8.88. The summed E-state index contributed by atoms with van der Waals surface area (Å²) in [6.45, 7) is 1.25. The van der Waals surface area contributed by atoms with Crippen LogP contribution in [0.3, 0.4) is 0 Å². The first-order valence-electron chi connectivity index (χ1n) is 8.36. The zero-order valence-corrected chi connectivity index (χ0v) is 15.7. The van der Waals surface area contributed by atoms with Crippen LogP contribution in [0.15, 0.2) is 60.9 Å². The highest BCUT2D eigenvalue weighted by molar-refractivity contribution is 6.35. The molecular formula is C20H19Cl2N3O. The molecule has 0 aliphatic rings. The maximum atomic E-state index is 12.1. The maximum absolute atomic E-state index is 12.1. The average molecular weight is 388 g/mol. The number of nitrogens with zero attached hydrogens (tertiary/aromatic N) is 2. The van der Waals surface area contributed by atoms with Gasteiger partial charge in [0.2, 0.25) is 5.91 Å². The first-order chi connectivity index (χ1) is 12.6. The number of hydrogen-bond donors (Lipinski definition) is 1. The van der Waals surface area contributed by atoms with Crippen molar-refractivity contribution in [3.63, 3.8) is 0 Å². The Morgan fingerprint density at radius 2 is 1.85 bits per heavy atom. The lowest BCUT2D eigenvalue weighted by Crippen LogP contribution is -2.23. The molecule has 4 nitrogen and oxygen atoms in total. The molecule has 3 aromatic rings. The topological polar surface area (TPSA) is 46.9 Å². The van der Waals surface area contributed by atoms with Crippen LogP contribution in [0.4, 0.5) is 0 Å². The summed E-state index contributed by atoms with van der Waals surface area (Å²) in [5, 5.41) is 8.32. The SMILES string of the molecule is O=C(CCc1ccc(Cl)cc1Cl)NCc1ccc(Cn2cccn2)cc1. The van der Waals surface area contributed by atoms with Gasteiger partial charge >= 0.3 is 0 Å². The lowest BCUT2D eigenvalue weighted by Gasteiger charge is -2.08. The van der Waals surface area contributed by atoms with Crippen molar-refractivity contribution < 1.29 is 4.79 Å². The Morgan fingerprint density at radius 1 is 1.08 bits per heavy atom. The average Bonchev–Trinajstić information content (AvgIpc) is 3.13. The highest BCUT2D eigenvalue weighted by Crippen LogP contribution is 2.22. The zero-order chi connectivity index (χ0) is 18.4. The van der Waals surface area contributed by atoms with Gasteiger partial charge in [-0.25, -0.2) is 0 Å². The minimum Gasteiger partial charge on any atom is -0.352 e. The molecule has 0 radical (unpaired) electrons. The first kappa shape index (κ1) is 18.5. The third-order valence-electron chi connectivity index (χ3n) is 4.05. The highest BCUT2D eigenvalue weighted by atomic mass is 35.5. The van der Waals surface area contributed by atoms with E-state index in [2.05, 4.69) is 22.5 Å². The summed E-state index contributed by atoms with van der Waals surface area (Å²) in [5.41, 5.74) is 3.16. The summed E-state index contributed by atoms with van der Waals surface area (Å²) < 4.78 is 1.87. The lowest BCUT2D eigenvalue weighted by atomic mass is 10.1. The van der Waals surface area contributed by atoms with Crippen molar-refractivity contribution in [3.8, 4) is 0 Å². The third-order valence-corrected chi connectivity index (χ3v) is 4.64. The number of benzene rings is 2. The largest absolute Gasteiger partial charge is 0.352 e. The van der Waals surface area contributed by atoms with Crippen molar-refractivity contribution >= 4 is 29.1 Å².